The lowest BCUT2D eigenvalue weighted by Gasteiger charge is -2.44. The van der Waals surface area contributed by atoms with E-state index in [4.69, 9.17) is 23.7 Å². The van der Waals surface area contributed by atoms with Gasteiger partial charge in [0.2, 0.25) is 5.91 Å². The molecule has 1 N–H and O–H groups in total. The molecule has 1 aliphatic rings. The normalized spacial score (nSPS) is 25.0. The summed E-state index contributed by atoms with van der Waals surface area (Å²) >= 11 is 0. The highest BCUT2D eigenvalue weighted by Gasteiger charge is 2.51. The summed E-state index contributed by atoms with van der Waals surface area (Å²) in [7, 11) is 0. The third-order valence-electron chi connectivity index (χ3n) is 4.85. The average Bonchev–Trinajstić information content (AvgIpc) is 2.68. The van der Waals surface area contributed by atoms with Crippen molar-refractivity contribution in [3.63, 3.8) is 0 Å². The van der Waals surface area contributed by atoms with E-state index in [9.17, 15) is 19.2 Å². The Morgan fingerprint density at radius 3 is 1.97 bits per heavy atom. The highest BCUT2D eigenvalue weighted by molar-refractivity contribution is 5.73. The van der Waals surface area contributed by atoms with Crippen molar-refractivity contribution in [2.45, 2.75) is 104 Å². The summed E-state index contributed by atoms with van der Waals surface area (Å²) in [6, 6.07) is -0.922. The van der Waals surface area contributed by atoms with Crippen LogP contribution in [0, 0.1) is 0 Å². The van der Waals surface area contributed by atoms with Crippen LogP contribution in [-0.4, -0.2) is 67.7 Å². The highest BCUT2D eigenvalue weighted by Crippen LogP contribution is 2.28. The van der Waals surface area contributed by atoms with E-state index in [0.717, 1.165) is 32.1 Å². The molecule has 0 aromatic rings. The molecule has 1 fully saturated rings. The summed E-state index contributed by atoms with van der Waals surface area (Å²) in [6.45, 7) is 7.22. The number of nitrogens with one attached hydrogen (secondary N) is 1. The van der Waals surface area contributed by atoms with Crippen molar-refractivity contribution in [1.29, 1.82) is 0 Å². The van der Waals surface area contributed by atoms with Crippen LogP contribution in [0.3, 0.4) is 0 Å². The Morgan fingerprint density at radius 1 is 0.812 bits per heavy atom. The number of amides is 1. The van der Waals surface area contributed by atoms with E-state index in [1.54, 1.807) is 0 Å². The zero-order valence-corrected chi connectivity index (χ0v) is 19.7. The Bertz CT molecular complexity index is 625. The van der Waals surface area contributed by atoms with Crippen molar-refractivity contribution in [2.75, 3.05) is 13.2 Å². The second kappa shape index (κ2) is 14.8. The molecule has 0 aliphatic carbocycles. The van der Waals surface area contributed by atoms with Crippen molar-refractivity contribution < 1.29 is 42.9 Å². The second-order valence-corrected chi connectivity index (χ2v) is 7.86. The van der Waals surface area contributed by atoms with Crippen LogP contribution < -0.4 is 5.32 Å². The molecular weight excluding hydrogens is 422 g/mol. The fourth-order valence-corrected chi connectivity index (χ4v) is 3.52. The summed E-state index contributed by atoms with van der Waals surface area (Å²) < 4.78 is 27.7. The molecule has 184 valence electrons. The maximum absolute atomic E-state index is 11.9. The number of ether oxygens (including phenoxy) is 5. The molecular formula is C22H37NO9. The van der Waals surface area contributed by atoms with Gasteiger partial charge in [0, 0.05) is 34.3 Å². The molecule has 32 heavy (non-hydrogen) atoms. The van der Waals surface area contributed by atoms with Gasteiger partial charge in [-0.2, -0.15) is 0 Å². The van der Waals surface area contributed by atoms with Crippen molar-refractivity contribution in [2.24, 2.45) is 0 Å². The number of esters is 3. The predicted molar refractivity (Wildman–Crippen MR) is 113 cm³/mol. The van der Waals surface area contributed by atoms with Gasteiger partial charge in [-0.25, -0.2) is 0 Å². The maximum atomic E-state index is 11.9. The van der Waals surface area contributed by atoms with Gasteiger partial charge >= 0.3 is 17.9 Å². The molecule has 1 amide bonds. The Morgan fingerprint density at radius 2 is 1.41 bits per heavy atom. The van der Waals surface area contributed by atoms with E-state index in [1.165, 1.54) is 34.1 Å². The summed E-state index contributed by atoms with van der Waals surface area (Å²) in [5.74, 6) is -2.22. The number of carbonyl (C=O) groups excluding carboxylic acids is 4. The number of hydrogen-bond acceptors (Lipinski definition) is 9. The first-order chi connectivity index (χ1) is 15.1. The van der Waals surface area contributed by atoms with Crippen LogP contribution in [0.15, 0.2) is 0 Å². The van der Waals surface area contributed by atoms with Gasteiger partial charge in [0.1, 0.15) is 18.8 Å². The lowest BCUT2D eigenvalue weighted by atomic mass is 9.96. The fourth-order valence-electron chi connectivity index (χ4n) is 3.52. The largest absolute Gasteiger partial charge is 0.463 e. The van der Waals surface area contributed by atoms with E-state index < -0.39 is 54.5 Å². The number of hydrogen-bond donors (Lipinski definition) is 1. The molecule has 0 aromatic heterocycles. The fraction of sp³-hybridized carbons (Fsp3) is 0.818. The summed E-state index contributed by atoms with van der Waals surface area (Å²) in [4.78, 5) is 46.7. The maximum Gasteiger partial charge on any atom is 0.303 e. The van der Waals surface area contributed by atoms with Crippen LogP contribution in [0.5, 0.6) is 0 Å². The molecule has 1 rings (SSSR count). The zero-order valence-electron chi connectivity index (χ0n) is 19.7. The monoisotopic (exact) mass is 459 g/mol. The smallest absolute Gasteiger partial charge is 0.303 e. The molecule has 0 spiro atoms. The van der Waals surface area contributed by atoms with E-state index in [-0.39, 0.29) is 6.61 Å². The lowest BCUT2D eigenvalue weighted by molar-refractivity contribution is -0.277. The number of rotatable bonds is 13. The van der Waals surface area contributed by atoms with E-state index in [0.29, 0.717) is 6.61 Å². The minimum absolute atomic E-state index is 0.241. The van der Waals surface area contributed by atoms with Gasteiger partial charge in [-0.05, 0) is 6.42 Å². The first-order valence-electron chi connectivity index (χ1n) is 11.2. The van der Waals surface area contributed by atoms with Gasteiger partial charge in [0.15, 0.2) is 18.5 Å². The van der Waals surface area contributed by atoms with Crippen molar-refractivity contribution in [1.82, 2.24) is 5.32 Å². The van der Waals surface area contributed by atoms with Crippen molar-refractivity contribution in [3.05, 3.63) is 0 Å². The minimum Gasteiger partial charge on any atom is -0.463 e. The lowest BCUT2D eigenvalue weighted by Crippen LogP contribution is -2.66. The molecule has 0 aromatic carbocycles. The SMILES string of the molecule is CCCCCCCCO[C@@H]1O[C@H](COC(C)=O)[C@H](OC(C)=O)[C@H](OC(C)=O)[C@@H]1NC(C)=O. The minimum atomic E-state index is -1.11. The molecule has 10 heteroatoms. The molecule has 0 saturated carbocycles. The summed E-state index contributed by atoms with van der Waals surface area (Å²) in [5.41, 5.74) is 0. The Kier molecular flexibility index (Phi) is 12.9. The second-order valence-electron chi connectivity index (χ2n) is 7.86. The van der Waals surface area contributed by atoms with E-state index in [2.05, 4.69) is 12.2 Å². The first kappa shape index (κ1) is 27.8. The third kappa shape index (κ3) is 10.4. The van der Waals surface area contributed by atoms with Crippen LogP contribution >= 0.6 is 0 Å². The topological polar surface area (TPSA) is 126 Å². The van der Waals surface area contributed by atoms with Crippen molar-refractivity contribution in [3.8, 4) is 0 Å². The standard InChI is InChI=1S/C22H37NO9/c1-6-7-8-9-10-11-12-28-22-19(23-14(2)24)21(31-17(5)27)20(30-16(4)26)18(32-22)13-29-15(3)25/h18-22H,6-13H2,1-5H3,(H,23,24)/t18-,19+,20+,21-,22-/m1/s1. The van der Waals surface area contributed by atoms with Crippen LogP contribution in [0.4, 0.5) is 0 Å². The molecule has 10 nitrogen and oxygen atoms in total. The van der Waals surface area contributed by atoms with Gasteiger partial charge in [-0.15, -0.1) is 0 Å². The van der Waals surface area contributed by atoms with Crippen LogP contribution in [-0.2, 0) is 42.9 Å². The van der Waals surface area contributed by atoms with Gasteiger partial charge in [0.25, 0.3) is 0 Å². The van der Waals surface area contributed by atoms with Crippen LogP contribution in [0.2, 0.25) is 0 Å². The Labute approximate surface area is 189 Å². The summed E-state index contributed by atoms with van der Waals surface area (Å²) in [5, 5.41) is 2.68. The molecule has 1 saturated heterocycles. The molecule has 5 atom stereocenters. The predicted octanol–water partition coefficient (Wildman–Crippen LogP) is 2.02. The van der Waals surface area contributed by atoms with E-state index >= 15 is 0 Å². The van der Waals surface area contributed by atoms with Crippen LogP contribution in [0.25, 0.3) is 0 Å². The Hall–Kier alpha value is -2.20. The van der Waals surface area contributed by atoms with Gasteiger partial charge < -0.3 is 29.0 Å². The molecule has 1 aliphatic heterocycles. The average molecular weight is 460 g/mol. The molecule has 0 radical (unpaired) electrons. The van der Waals surface area contributed by atoms with E-state index in [1.807, 2.05) is 0 Å². The summed E-state index contributed by atoms with van der Waals surface area (Å²) in [6.07, 6.45) is 2.23. The van der Waals surface area contributed by atoms with Crippen molar-refractivity contribution >= 4 is 23.8 Å². The number of unbranched alkanes of at least 4 members (excludes halogenated alkanes) is 5. The molecule has 0 unspecified atom stereocenters. The van der Waals surface area contributed by atoms with Gasteiger partial charge in [-0.1, -0.05) is 39.0 Å². The van der Waals surface area contributed by atoms with Crippen LogP contribution in [0.1, 0.15) is 73.1 Å². The third-order valence-corrected chi connectivity index (χ3v) is 4.85. The quantitative estimate of drug-likeness (QED) is 0.250. The highest BCUT2D eigenvalue weighted by atomic mass is 16.7. The molecule has 0 bridgehead atoms. The molecule has 1 heterocycles. The Balaban J connectivity index is 3.01. The first-order valence-corrected chi connectivity index (χ1v) is 11.2. The zero-order chi connectivity index (χ0) is 24.1. The number of carbonyl (C=O) groups is 4. The van der Waals surface area contributed by atoms with Gasteiger partial charge in [-0.3, -0.25) is 19.2 Å². The van der Waals surface area contributed by atoms with Gasteiger partial charge in [0.05, 0.1) is 0 Å².